The molecule has 0 saturated heterocycles. The second-order valence-electron chi connectivity index (χ2n) is 5.69. The van der Waals surface area contributed by atoms with E-state index in [1.807, 2.05) is 48.0 Å². The number of benzene rings is 2. The number of fused-ring (bicyclic) bond motifs is 2. The van der Waals surface area contributed by atoms with Gasteiger partial charge in [0.05, 0.1) is 33.1 Å². The van der Waals surface area contributed by atoms with Gasteiger partial charge in [-0.2, -0.15) is 10.1 Å². The van der Waals surface area contributed by atoms with Crippen LogP contribution in [0.4, 0.5) is 23.1 Å². The summed E-state index contributed by atoms with van der Waals surface area (Å²) < 4.78 is 1.12. The van der Waals surface area contributed by atoms with E-state index in [-0.39, 0.29) is 0 Å². The molecule has 0 bridgehead atoms. The van der Waals surface area contributed by atoms with Crippen molar-refractivity contribution in [2.24, 2.45) is 0 Å². The molecule has 7 nitrogen and oxygen atoms in total. The zero-order valence-corrected chi connectivity index (χ0v) is 14.3. The number of hydrogen-bond donors (Lipinski definition) is 3. The lowest BCUT2D eigenvalue weighted by molar-refractivity contribution is 1.12. The van der Waals surface area contributed by atoms with Crippen LogP contribution in [0.2, 0.25) is 0 Å². The fraction of sp³-hybridized carbons (Fsp3) is 0. The zero-order valence-electron chi connectivity index (χ0n) is 13.5. The Balaban J connectivity index is 1.42. The molecule has 0 aliphatic heterocycles. The highest BCUT2D eigenvalue weighted by molar-refractivity contribution is 7.16. The van der Waals surface area contributed by atoms with E-state index < -0.39 is 0 Å². The minimum Gasteiger partial charge on any atom is -0.339 e. The summed E-state index contributed by atoms with van der Waals surface area (Å²) in [7, 11) is 0. The van der Waals surface area contributed by atoms with Crippen LogP contribution in [-0.2, 0) is 0 Å². The first-order valence-electron chi connectivity index (χ1n) is 7.98. The third kappa shape index (κ3) is 2.72. The van der Waals surface area contributed by atoms with Crippen LogP contribution in [-0.4, -0.2) is 25.1 Å². The van der Waals surface area contributed by atoms with Crippen molar-refractivity contribution in [2.45, 2.75) is 0 Å². The van der Waals surface area contributed by atoms with E-state index in [2.05, 4.69) is 35.8 Å². The van der Waals surface area contributed by atoms with Crippen molar-refractivity contribution in [3.63, 3.8) is 0 Å². The molecule has 0 radical (unpaired) electrons. The van der Waals surface area contributed by atoms with Gasteiger partial charge < -0.3 is 10.6 Å². The number of H-pyrrole nitrogens is 1. The van der Waals surface area contributed by atoms with Gasteiger partial charge in [0.25, 0.3) is 0 Å². The Morgan fingerprint density at radius 2 is 2.00 bits per heavy atom. The van der Waals surface area contributed by atoms with Crippen molar-refractivity contribution in [3.05, 3.63) is 60.4 Å². The summed E-state index contributed by atoms with van der Waals surface area (Å²) in [5, 5.41) is 14.6. The number of aromatic amines is 1. The van der Waals surface area contributed by atoms with E-state index in [4.69, 9.17) is 0 Å². The average molecular weight is 359 g/mol. The maximum atomic E-state index is 4.55. The summed E-state index contributed by atoms with van der Waals surface area (Å²) in [5.74, 6) is 1.23. The van der Waals surface area contributed by atoms with Crippen molar-refractivity contribution in [3.8, 4) is 0 Å². The Morgan fingerprint density at radius 3 is 3.00 bits per heavy atom. The summed E-state index contributed by atoms with van der Waals surface area (Å²) in [6.45, 7) is 0. The van der Waals surface area contributed by atoms with E-state index in [0.717, 1.165) is 32.5 Å². The molecule has 8 heteroatoms. The second kappa shape index (κ2) is 6.08. The molecule has 0 saturated carbocycles. The van der Waals surface area contributed by atoms with Crippen LogP contribution in [0.3, 0.4) is 0 Å². The van der Waals surface area contributed by atoms with Gasteiger partial charge in [0, 0.05) is 17.3 Å². The lowest BCUT2D eigenvalue weighted by Gasteiger charge is -2.09. The molecular formula is C18H13N7S. The number of aromatic nitrogens is 5. The molecule has 5 rings (SSSR count). The molecule has 26 heavy (non-hydrogen) atoms. The summed E-state index contributed by atoms with van der Waals surface area (Å²) in [5.41, 5.74) is 5.67. The Bertz CT molecular complexity index is 1210. The van der Waals surface area contributed by atoms with E-state index in [9.17, 15) is 0 Å². The normalized spacial score (nSPS) is 11.1. The highest BCUT2D eigenvalue weighted by atomic mass is 32.1. The Kier molecular flexibility index (Phi) is 3.46. The van der Waals surface area contributed by atoms with Crippen LogP contribution >= 0.6 is 11.3 Å². The standard InChI is InChI=1S/C18H13N7S/c1-2-13(12-9-21-25-14(12)3-1)23-17-6-7-19-18(24-17)22-11-4-5-15-16(8-11)26-10-20-15/h1-10H,(H,21,25)(H2,19,22,23,24). The number of hydrogen-bond acceptors (Lipinski definition) is 7. The molecule has 0 aliphatic carbocycles. The van der Waals surface area contributed by atoms with Crippen LogP contribution in [0.5, 0.6) is 0 Å². The third-order valence-corrected chi connectivity index (χ3v) is 4.78. The van der Waals surface area contributed by atoms with Gasteiger partial charge in [-0.25, -0.2) is 9.97 Å². The molecular weight excluding hydrogens is 346 g/mol. The van der Waals surface area contributed by atoms with Crippen molar-refractivity contribution in [1.29, 1.82) is 0 Å². The zero-order chi connectivity index (χ0) is 17.3. The smallest absolute Gasteiger partial charge is 0.229 e. The van der Waals surface area contributed by atoms with E-state index in [0.29, 0.717) is 11.8 Å². The highest BCUT2D eigenvalue weighted by Gasteiger charge is 2.06. The lowest BCUT2D eigenvalue weighted by atomic mass is 10.2. The lowest BCUT2D eigenvalue weighted by Crippen LogP contribution is -2.00. The minimum absolute atomic E-state index is 0.526. The Hall–Kier alpha value is -3.52. The molecule has 0 unspecified atom stereocenters. The van der Waals surface area contributed by atoms with Crippen molar-refractivity contribution in [1.82, 2.24) is 25.1 Å². The number of rotatable bonds is 4. The highest BCUT2D eigenvalue weighted by Crippen LogP contribution is 2.26. The van der Waals surface area contributed by atoms with E-state index in [1.165, 1.54) is 0 Å². The van der Waals surface area contributed by atoms with E-state index in [1.54, 1.807) is 23.7 Å². The molecule has 0 fully saturated rings. The SMILES string of the molecule is c1cc(Nc2ccnc(Nc3ccc4ncsc4c3)n2)c2cn[nH]c2c1. The van der Waals surface area contributed by atoms with Crippen molar-refractivity contribution < 1.29 is 0 Å². The molecule has 5 aromatic rings. The molecule has 3 aromatic heterocycles. The van der Waals surface area contributed by atoms with Gasteiger partial charge in [-0.1, -0.05) is 6.07 Å². The molecule has 126 valence electrons. The number of nitrogens with one attached hydrogen (secondary N) is 3. The van der Waals surface area contributed by atoms with Gasteiger partial charge in [0.1, 0.15) is 5.82 Å². The van der Waals surface area contributed by atoms with Crippen LogP contribution in [0.1, 0.15) is 0 Å². The van der Waals surface area contributed by atoms with Crippen LogP contribution in [0, 0.1) is 0 Å². The molecule has 0 aliphatic rings. The predicted molar refractivity (Wildman–Crippen MR) is 104 cm³/mol. The molecule has 0 amide bonds. The van der Waals surface area contributed by atoms with Crippen molar-refractivity contribution in [2.75, 3.05) is 10.6 Å². The minimum atomic E-state index is 0.526. The number of anilines is 4. The van der Waals surface area contributed by atoms with Crippen molar-refractivity contribution >= 4 is 55.6 Å². The van der Waals surface area contributed by atoms with Gasteiger partial charge in [-0.3, -0.25) is 5.10 Å². The quantitative estimate of drug-likeness (QED) is 0.439. The van der Waals surface area contributed by atoms with Gasteiger partial charge in [0.15, 0.2) is 0 Å². The fourth-order valence-electron chi connectivity index (χ4n) is 2.77. The predicted octanol–water partition coefficient (Wildman–Crippen LogP) is 4.45. The monoisotopic (exact) mass is 359 g/mol. The molecule has 3 N–H and O–H groups in total. The van der Waals surface area contributed by atoms with E-state index >= 15 is 0 Å². The topological polar surface area (TPSA) is 91.4 Å². The van der Waals surface area contributed by atoms with Crippen LogP contribution in [0.15, 0.2) is 60.4 Å². The Morgan fingerprint density at radius 1 is 1.00 bits per heavy atom. The number of nitrogens with zero attached hydrogens (tertiary/aromatic N) is 4. The third-order valence-electron chi connectivity index (χ3n) is 3.99. The molecule has 0 spiro atoms. The summed E-state index contributed by atoms with van der Waals surface area (Å²) in [4.78, 5) is 13.1. The molecule has 3 heterocycles. The molecule has 0 atom stereocenters. The molecule has 2 aromatic carbocycles. The average Bonchev–Trinajstić information content (AvgIpc) is 3.31. The number of thiazole rings is 1. The maximum Gasteiger partial charge on any atom is 0.229 e. The first kappa shape index (κ1) is 14.8. The Labute approximate surface area is 152 Å². The summed E-state index contributed by atoms with van der Waals surface area (Å²) in [6, 6.07) is 13.8. The largest absolute Gasteiger partial charge is 0.339 e. The van der Waals surface area contributed by atoms with Gasteiger partial charge in [0.2, 0.25) is 5.95 Å². The summed E-state index contributed by atoms with van der Waals surface area (Å²) >= 11 is 1.61. The van der Waals surface area contributed by atoms with Crippen LogP contribution < -0.4 is 10.6 Å². The first-order chi connectivity index (χ1) is 12.8. The summed E-state index contributed by atoms with van der Waals surface area (Å²) in [6.07, 6.45) is 3.51. The van der Waals surface area contributed by atoms with Gasteiger partial charge >= 0.3 is 0 Å². The van der Waals surface area contributed by atoms with Gasteiger partial charge in [-0.05, 0) is 36.4 Å². The van der Waals surface area contributed by atoms with Gasteiger partial charge in [-0.15, -0.1) is 11.3 Å². The fourth-order valence-corrected chi connectivity index (χ4v) is 3.48. The van der Waals surface area contributed by atoms with Crippen LogP contribution in [0.25, 0.3) is 21.1 Å². The maximum absolute atomic E-state index is 4.55. The first-order valence-corrected chi connectivity index (χ1v) is 8.85. The second-order valence-corrected chi connectivity index (χ2v) is 6.57.